The fourth-order valence-electron chi connectivity index (χ4n) is 7.28. The summed E-state index contributed by atoms with van der Waals surface area (Å²) in [6.45, 7) is 3.20. The SMILES string of the molecule is CN(C)S(=O)(=O)c1ccc(C(=O)/N=C(\CC2CCCCC2)C(=O)N2C[C@@H](n3nncc3C(C)(C)O)C[C@H]2C(=O)NC2(C(=O)C(N)=O)CCOCC2)cc1. The van der Waals surface area contributed by atoms with Crippen LogP contribution in [0.1, 0.15) is 93.7 Å². The molecule has 4 N–H and O–H groups in total. The number of aliphatic hydroxyl groups is 1. The van der Waals surface area contributed by atoms with Gasteiger partial charge in [-0.15, -0.1) is 5.10 Å². The zero-order valence-corrected chi connectivity index (χ0v) is 31.3. The highest BCUT2D eigenvalue weighted by atomic mass is 32.2. The molecule has 53 heavy (non-hydrogen) atoms. The number of carbonyl (C=O) groups is 5. The maximum Gasteiger partial charge on any atom is 0.287 e. The number of nitrogens with zero attached hydrogens (tertiary/aromatic N) is 6. The van der Waals surface area contributed by atoms with Crippen molar-refractivity contribution in [2.45, 2.75) is 99.8 Å². The van der Waals surface area contributed by atoms with Gasteiger partial charge in [0.05, 0.1) is 22.8 Å². The van der Waals surface area contributed by atoms with E-state index in [0.29, 0.717) is 5.69 Å². The molecule has 4 amide bonds. The van der Waals surface area contributed by atoms with Crippen LogP contribution in [0.3, 0.4) is 0 Å². The first kappa shape index (κ1) is 39.8. The lowest BCUT2D eigenvalue weighted by Crippen LogP contribution is -2.63. The van der Waals surface area contributed by atoms with Gasteiger partial charge in [0.15, 0.2) is 0 Å². The predicted molar refractivity (Wildman–Crippen MR) is 190 cm³/mol. The molecular formula is C35H48N8O9S. The van der Waals surface area contributed by atoms with E-state index >= 15 is 0 Å². The molecule has 2 saturated heterocycles. The average Bonchev–Trinajstić information content (AvgIpc) is 3.80. The normalized spacial score (nSPS) is 21.4. The van der Waals surface area contributed by atoms with E-state index in [9.17, 15) is 37.5 Å². The van der Waals surface area contributed by atoms with Crippen LogP contribution in [-0.2, 0) is 39.5 Å². The van der Waals surface area contributed by atoms with Gasteiger partial charge in [-0.2, -0.15) is 0 Å². The Morgan fingerprint density at radius 1 is 1.08 bits per heavy atom. The van der Waals surface area contributed by atoms with Crippen molar-refractivity contribution in [3.05, 3.63) is 41.7 Å². The number of rotatable bonds is 12. The molecule has 3 fully saturated rings. The number of ether oxygens (including phenoxy) is 1. The molecule has 0 radical (unpaired) electrons. The van der Waals surface area contributed by atoms with Crippen LogP contribution in [0.15, 0.2) is 40.4 Å². The molecule has 0 spiro atoms. The molecule has 1 aliphatic carbocycles. The zero-order valence-electron chi connectivity index (χ0n) is 30.5. The summed E-state index contributed by atoms with van der Waals surface area (Å²) in [6.07, 6.45) is 6.12. The Labute approximate surface area is 308 Å². The molecule has 0 bridgehead atoms. The van der Waals surface area contributed by atoms with Crippen LogP contribution in [0.25, 0.3) is 0 Å². The number of hydrogen-bond acceptors (Lipinski definition) is 11. The Bertz CT molecular complexity index is 1860. The van der Waals surface area contributed by atoms with Gasteiger partial charge in [-0.05, 0) is 50.5 Å². The molecule has 17 nitrogen and oxygen atoms in total. The quantitative estimate of drug-likeness (QED) is 0.203. The second-order valence-corrected chi connectivity index (χ2v) is 16.9. The van der Waals surface area contributed by atoms with Crippen molar-refractivity contribution >= 4 is 45.1 Å². The minimum Gasteiger partial charge on any atom is -0.384 e. The third-order valence-corrected chi connectivity index (χ3v) is 12.2. The Kier molecular flexibility index (Phi) is 12.0. The van der Waals surface area contributed by atoms with Gasteiger partial charge >= 0.3 is 0 Å². The largest absolute Gasteiger partial charge is 0.384 e. The number of carbonyl (C=O) groups excluding carboxylic acids is 5. The van der Waals surface area contributed by atoms with Crippen LogP contribution in [0.4, 0.5) is 0 Å². The summed E-state index contributed by atoms with van der Waals surface area (Å²) in [6, 6.07) is 3.38. The van der Waals surface area contributed by atoms with Gasteiger partial charge < -0.3 is 25.8 Å². The third kappa shape index (κ3) is 8.71. The fourth-order valence-corrected chi connectivity index (χ4v) is 8.18. The number of primary amides is 1. The standard InChI is InChI=1S/C35H48N8O9S/c1-34(2,49)28-20-37-40-43(28)24-19-27(32(47)39-35(29(44)30(36)45)14-16-52-17-15-35)42(21-24)33(48)26(18-22-8-6-5-7-9-22)38-31(46)23-10-12-25(13-11-23)53(50,51)41(3)4/h10-13,20,22,24,27,49H,5-9,14-19,21H2,1-4H3,(H2,36,45)(H,39,47)/b38-26+/t24-,27-/m0/s1. The van der Waals surface area contributed by atoms with Crippen molar-refractivity contribution in [1.82, 2.24) is 29.5 Å². The Morgan fingerprint density at radius 3 is 2.30 bits per heavy atom. The lowest BCUT2D eigenvalue weighted by molar-refractivity contribution is -0.146. The molecule has 2 aromatic rings. The monoisotopic (exact) mass is 756 g/mol. The summed E-state index contributed by atoms with van der Waals surface area (Å²) < 4.78 is 33.1. The van der Waals surface area contributed by atoms with Gasteiger partial charge in [0.1, 0.15) is 22.9 Å². The van der Waals surface area contributed by atoms with E-state index in [0.717, 1.165) is 36.4 Å². The van der Waals surface area contributed by atoms with Crippen molar-refractivity contribution in [2.75, 3.05) is 33.9 Å². The minimum atomic E-state index is -3.76. The summed E-state index contributed by atoms with van der Waals surface area (Å²) in [5, 5.41) is 21.7. The molecule has 0 unspecified atom stereocenters. The van der Waals surface area contributed by atoms with Crippen molar-refractivity contribution < 1.29 is 42.2 Å². The van der Waals surface area contributed by atoms with E-state index in [1.165, 1.54) is 54.1 Å². The van der Waals surface area contributed by atoms with E-state index < -0.39 is 62.7 Å². The number of ketones is 1. The molecule has 288 valence electrons. The number of nitrogens with two attached hydrogens (primary N) is 1. The van der Waals surface area contributed by atoms with Gasteiger partial charge in [-0.1, -0.05) is 37.3 Å². The Balaban J connectivity index is 1.52. The number of Topliss-reactive ketones (excluding diaryl/α,β-unsaturated/α-hetero) is 1. The van der Waals surface area contributed by atoms with Crippen molar-refractivity contribution in [2.24, 2.45) is 16.6 Å². The van der Waals surface area contributed by atoms with Gasteiger partial charge in [0, 0.05) is 58.7 Å². The van der Waals surface area contributed by atoms with Gasteiger partial charge in [-0.3, -0.25) is 24.0 Å². The molecule has 2 aliphatic heterocycles. The molecule has 3 aliphatic rings. The van der Waals surface area contributed by atoms with E-state index in [4.69, 9.17) is 10.5 Å². The average molecular weight is 757 g/mol. The molecule has 1 aromatic heterocycles. The Morgan fingerprint density at radius 2 is 1.72 bits per heavy atom. The van der Waals surface area contributed by atoms with Gasteiger partial charge in [0.25, 0.3) is 17.7 Å². The first-order valence-corrected chi connectivity index (χ1v) is 19.2. The van der Waals surface area contributed by atoms with E-state index in [2.05, 4.69) is 20.6 Å². The van der Waals surface area contributed by atoms with Crippen LogP contribution < -0.4 is 11.1 Å². The lowest BCUT2D eigenvalue weighted by Gasteiger charge is -2.37. The van der Waals surface area contributed by atoms with Crippen molar-refractivity contribution in [1.29, 1.82) is 0 Å². The highest BCUT2D eigenvalue weighted by molar-refractivity contribution is 7.89. The number of benzene rings is 1. The summed E-state index contributed by atoms with van der Waals surface area (Å²) in [5.74, 6) is -4.29. The molecule has 3 heterocycles. The number of likely N-dealkylation sites (tertiary alicyclic amines) is 1. The number of aromatic nitrogens is 3. The van der Waals surface area contributed by atoms with Crippen LogP contribution in [0, 0.1) is 5.92 Å². The summed E-state index contributed by atoms with van der Waals surface area (Å²) in [4.78, 5) is 73.4. The van der Waals surface area contributed by atoms with E-state index in [-0.39, 0.29) is 67.5 Å². The smallest absolute Gasteiger partial charge is 0.287 e. The molecular weight excluding hydrogens is 708 g/mol. The van der Waals surface area contributed by atoms with E-state index in [1.807, 2.05) is 0 Å². The minimum absolute atomic E-state index is 0.00589. The number of nitrogens with one attached hydrogen (secondary N) is 1. The maximum atomic E-state index is 14.7. The molecule has 5 rings (SSSR count). The van der Waals surface area contributed by atoms with Crippen molar-refractivity contribution in [3.63, 3.8) is 0 Å². The summed E-state index contributed by atoms with van der Waals surface area (Å²) in [5.41, 5.74) is 2.72. The van der Waals surface area contributed by atoms with Gasteiger partial charge in [0.2, 0.25) is 21.7 Å². The Hall–Kier alpha value is -4.39. The highest BCUT2D eigenvalue weighted by Crippen LogP contribution is 2.34. The number of amides is 4. The third-order valence-electron chi connectivity index (χ3n) is 10.3. The van der Waals surface area contributed by atoms with Crippen LogP contribution in [-0.4, -0.2) is 118 Å². The van der Waals surface area contributed by atoms with Crippen molar-refractivity contribution in [3.8, 4) is 0 Å². The number of aliphatic imine (C=N–C) groups is 1. The zero-order chi connectivity index (χ0) is 38.7. The predicted octanol–water partition coefficient (Wildman–Crippen LogP) is 0.869. The van der Waals surface area contributed by atoms with E-state index in [1.54, 1.807) is 13.8 Å². The van der Waals surface area contributed by atoms with Gasteiger partial charge in [-0.25, -0.2) is 22.4 Å². The highest BCUT2D eigenvalue weighted by Gasteiger charge is 2.49. The topological polar surface area (TPSA) is 237 Å². The van der Waals surface area contributed by atoms with Crippen LogP contribution >= 0.6 is 0 Å². The first-order chi connectivity index (χ1) is 24.9. The van der Waals surface area contributed by atoms with Crippen LogP contribution in [0.2, 0.25) is 0 Å². The first-order valence-electron chi connectivity index (χ1n) is 17.8. The molecule has 2 atom stereocenters. The number of hydrogen-bond donors (Lipinski definition) is 3. The second-order valence-electron chi connectivity index (χ2n) is 14.7. The maximum absolute atomic E-state index is 14.7. The lowest BCUT2D eigenvalue weighted by atomic mass is 9.84. The summed E-state index contributed by atoms with van der Waals surface area (Å²) in [7, 11) is -0.967. The molecule has 1 saturated carbocycles. The fraction of sp³-hybridized carbons (Fsp3) is 0.600. The molecule has 1 aromatic carbocycles. The second kappa shape index (κ2) is 15.9. The summed E-state index contributed by atoms with van der Waals surface area (Å²) >= 11 is 0. The van der Waals surface area contributed by atoms with Crippen LogP contribution in [0.5, 0.6) is 0 Å². The molecule has 18 heteroatoms. The number of sulfonamides is 1.